The molecule has 0 spiro atoms. The first-order chi connectivity index (χ1) is 6.22. The molecule has 0 atom stereocenters. The highest BCUT2D eigenvalue weighted by molar-refractivity contribution is 5.89. The molecule has 0 aliphatic carbocycles. The first kappa shape index (κ1) is 9.65. The number of aryl methyl sites for hydroxylation is 1. The average Bonchev–Trinajstić information content (AvgIpc) is 2.14. The molecule has 0 N–H and O–H groups in total. The van der Waals surface area contributed by atoms with E-state index in [-0.39, 0.29) is 11.6 Å². The largest absolute Gasteiger partial charge is 0.295 e. The molecule has 13 heavy (non-hydrogen) atoms. The average molecular weight is 178 g/mol. The second-order valence-electron chi connectivity index (χ2n) is 2.80. The third-order valence-electron chi connectivity index (χ3n) is 1.78. The summed E-state index contributed by atoms with van der Waals surface area (Å²) in [6, 6.07) is 6.28. The van der Waals surface area contributed by atoms with Gasteiger partial charge in [0.2, 0.25) is 0 Å². The molecule has 0 fully saturated rings. The van der Waals surface area contributed by atoms with Crippen molar-refractivity contribution in [2.45, 2.75) is 12.8 Å². The first-order valence-corrected chi connectivity index (χ1v) is 4.12. The molecule has 0 heterocycles. The van der Waals surface area contributed by atoms with Gasteiger partial charge >= 0.3 is 0 Å². The number of allylic oxidation sites excluding steroid dienone is 1. The molecule has 1 aromatic carbocycles. The maximum absolute atomic E-state index is 12.7. The van der Waals surface area contributed by atoms with Crippen LogP contribution in [0.15, 0.2) is 36.9 Å². The lowest BCUT2D eigenvalue weighted by molar-refractivity contribution is -0.114. The molecular weight excluding hydrogens is 167 g/mol. The van der Waals surface area contributed by atoms with E-state index in [1.54, 1.807) is 12.1 Å². The second kappa shape index (κ2) is 4.55. The van der Waals surface area contributed by atoms with Gasteiger partial charge in [0.25, 0.3) is 0 Å². The summed E-state index contributed by atoms with van der Waals surface area (Å²) in [6.07, 6.45) is 2.26. The molecule has 1 aromatic rings. The van der Waals surface area contributed by atoms with Crippen LogP contribution >= 0.6 is 0 Å². The van der Waals surface area contributed by atoms with Gasteiger partial charge in [-0.2, -0.15) is 0 Å². The molecule has 0 unspecified atom stereocenters. The lowest BCUT2D eigenvalue weighted by Crippen LogP contribution is -1.95. The maximum atomic E-state index is 12.7. The quantitative estimate of drug-likeness (QED) is 0.647. The molecule has 0 saturated carbocycles. The third-order valence-corrected chi connectivity index (χ3v) is 1.78. The Bertz CT molecular complexity index is 318. The summed E-state index contributed by atoms with van der Waals surface area (Å²) in [4.78, 5) is 10.9. The summed E-state index contributed by atoms with van der Waals surface area (Å²) < 4.78 is 12.7. The smallest absolute Gasteiger partial charge is 0.155 e. The standard InChI is InChI=1S/C11H11FO/c1-2-11(13)7-6-9-4-3-5-10(12)8-9/h2-5,8H,1,6-7H2. The van der Waals surface area contributed by atoms with Gasteiger partial charge in [0.05, 0.1) is 0 Å². The van der Waals surface area contributed by atoms with Gasteiger partial charge in [-0.1, -0.05) is 18.7 Å². The van der Waals surface area contributed by atoms with Gasteiger partial charge in [-0.15, -0.1) is 0 Å². The Morgan fingerprint density at radius 3 is 2.92 bits per heavy atom. The minimum atomic E-state index is -0.261. The second-order valence-corrected chi connectivity index (χ2v) is 2.80. The van der Waals surface area contributed by atoms with E-state index in [9.17, 15) is 9.18 Å². The van der Waals surface area contributed by atoms with Crippen molar-refractivity contribution >= 4 is 5.78 Å². The molecule has 2 heteroatoms. The Morgan fingerprint density at radius 1 is 1.54 bits per heavy atom. The van der Waals surface area contributed by atoms with E-state index in [0.717, 1.165) is 5.56 Å². The Balaban J connectivity index is 2.54. The highest BCUT2D eigenvalue weighted by Gasteiger charge is 1.98. The van der Waals surface area contributed by atoms with Crippen LogP contribution in [0.25, 0.3) is 0 Å². The summed E-state index contributed by atoms with van der Waals surface area (Å²) in [7, 11) is 0. The Morgan fingerprint density at radius 2 is 2.31 bits per heavy atom. The van der Waals surface area contributed by atoms with Crippen LogP contribution in [-0.2, 0) is 11.2 Å². The highest BCUT2D eigenvalue weighted by atomic mass is 19.1. The minimum absolute atomic E-state index is 0.00994. The van der Waals surface area contributed by atoms with Crippen LogP contribution in [0.4, 0.5) is 4.39 Å². The summed E-state index contributed by atoms with van der Waals surface area (Å²) in [5, 5.41) is 0. The van der Waals surface area contributed by atoms with E-state index in [1.165, 1.54) is 18.2 Å². The lowest BCUT2D eigenvalue weighted by Gasteiger charge is -1.98. The number of carbonyl (C=O) groups is 1. The number of carbonyl (C=O) groups excluding carboxylic acids is 1. The summed E-state index contributed by atoms with van der Waals surface area (Å²) >= 11 is 0. The van der Waals surface area contributed by atoms with Crippen LogP contribution < -0.4 is 0 Å². The molecule has 1 rings (SSSR count). The van der Waals surface area contributed by atoms with E-state index in [2.05, 4.69) is 6.58 Å². The van der Waals surface area contributed by atoms with E-state index < -0.39 is 0 Å². The monoisotopic (exact) mass is 178 g/mol. The normalized spacial score (nSPS) is 9.62. The molecule has 0 radical (unpaired) electrons. The van der Waals surface area contributed by atoms with Gasteiger partial charge in [0.1, 0.15) is 5.82 Å². The predicted molar refractivity (Wildman–Crippen MR) is 49.9 cm³/mol. The van der Waals surface area contributed by atoms with E-state index in [0.29, 0.717) is 12.8 Å². The van der Waals surface area contributed by atoms with Gasteiger partial charge in [-0.3, -0.25) is 4.79 Å². The molecule has 1 nitrogen and oxygen atoms in total. The molecular formula is C11H11FO. The topological polar surface area (TPSA) is 17.1 Å². The van der Waals surface area contributed by atoms with Crippen LogP contribution in [0, 0.1) is 5.82 Å². The van der Waals surface area contributed by atoms with Crippen LogP contribution in [0.3, 0.4) is 0 Å². The van der Waals surface area contributed by atoms with Gasteiger partial charge in [0.15, 0.2) is 5.78 Å². The maximum Gasteiger partial charge on any atom is 0.155 e. The van der Waals surface area contributed by atoms with Crippen molar-refractivity contribution in [3.63, 3.8) is 0 Å². The van der Waals surface area contributed by atoms with E-state index in [4.69, 9.17) is 0 Å². The SMILES string of the molecule is C=CC(=O)CCc1cccc(F)c1. The molecule has 0 aromatic heterocycles. The minimum Gasteiger partial charge on any atom is -0.295 e. The Kier molecular flexibility index (Phi) is 3.38. The number of halogens is 1. The number of benzene rings is 1. The van der Waals surface area contributed by atoms with Crippen LogP contribution in [0.1, 0.15) is 12.0 Å². The number of ketones is 1. The number of hydrogen-bond donors (Lipinski definition) is 0. The molecule has 68 valence electrons. The van der Waals surface area contributed by atoms with Gasteiger partial charge in [-0.25, -0.2) is 4.39 Å². The zero-order chi connectivity index (χ0) is 9.68. The Labute approximate surface area is 76.9 Å². The fourth-order valence-electron chi connectivity index (χ4n) is 1.06. The number of rotatable bonds is 4. The Hall–Kier alpha value is -1.44. The number of hydrogen-bond acceptors (Lipinski definition) is 1. The van der Waals surface area contributed by atoms with Crippen LogP contribution in [0.5, 0.6) is 0 Å². The van der Waals surface area contributed by atoms with Crippen molar-refractivity contribution in [3.8, 4) is 0 Å². The van der Waals surface area contributed by atoms with Gasteiger partial charge < -0.3 is 0 Å². The summed E-state index contributed by atoms with van der Waals surface area (Å²) in [5.74, 6) is -0.271. The summed E-state index contributed by atoms with van der Waals surface area (Å²) in [5.41, 5.74) is 0.843. The fraction of sp³-hybridized carbons (Fsp3) is 0.182. The molecule has 0 aliphatic rings. The first-order valence-electron chi connectivity index (χ1n) is 4.12. The van der Waals surface area contributed by atoms with Gasteiger partial charge in [0, 0.05) is 6.42 Å². The van der Waals surface area contributed by atoms with Crippen LogP contribution in [0.2, 0.25) is 0 Å². The highest BCUT2D eigenvalue weighted by Crippen LogP contribution is 2.06. The van der Waals surface area contributed by atoms with Crippen molar-refractivity contribution in [1.82, 2.24) is 0 Å². The van der Waals surface area contributed by atoms with Gasteiger partial charge in [-0.05, 0) is 30.2 Å². The van der Waals surface area contributed by atoms with Crippen molar-refractivity contribution in [2.75, 3.05) is 0 Å². The lowest BCUT2D eigenvalue weighted by atomic mass is 10.1. The molecule has 0 aliphatic heterocycles. The molecule has 0 amide bonds. The van der Waals surface area contributed by atoms with E-state index in [1.807, 2.05) is 0 Å². The molecule has 0 saturated heterocycles. The zero-order valence-electron chi connectivity index (χ0n) is 7.29. The van der Waals surface area contributed by atoms with Crippen molar-refractivity contribution in [3.05, 3.63) is 48.3 Å². The zero-order valence-corrected chi connectivity index (χ0v) is 7.29. The summed E-state index contributed by atoms with van der Waals surface area (Å²) in [6.45, 7) is 3.37. The van der Waals surface area contributed by atoms with Crippen molar-refractivity contribution in [1.29, 1.82) is 0 Å². The predicted octanol–water partition coefficient (Wildman–Crippen LogP) is 2.51. The third kappa shape index (κ3) is 3.20. The van der Waals surface area contributed by atoms with Crippen molar-refractivity contribution < 1.29 is 9.18 Å². The fourth-order valence-corrected chi connectivity index (χ4v) is 1.06. The van der Waals surface area contributed by atoms with Crippen molar-refractivity contribution in [2.24, 2.45) is 0 Å². The molecule has 0 bridgehead atoms. The van der Waals surface area contributed by atoms with E-state index >= 15 is 0 Å². The van der Waals surface area contributed by atoms with Crippen LogP contribution in [-0.4, -0.2) is 5.78 Å².